The monoisotopic (exact) mass is 500 g/mol. The molecule has 3 aromatic rings. The number of nitrogen functional groups attached to an aromatic ring is 1. The second kappa shape index (κ2) is 9.71. The fraction of sp³-hybridized carbons (Fsp3) is 0.440. The van der Waals surface area contributed by atoms with Crippen LogP contribution in [0.1, 0.15) is 74.1 Å². The van der Waals surface area contributed by atoms with Crippen LogP contribution in [-0.4, -0.2) is 26.8 Å². The Hall–Kier alpha value is -3.76. The van der Waals surface area contributed by atoms with E-state index in [1.807, 2.05) is 0 Å². The molecule has 36 heavy (non-hydrogen) atoms. The maximum Gasteiger partial charge on any atom is 0.254 e. The molecule has 0 unspecified atom stereocenters. The topological polar surface area (TPSA) is 142 Å². The van der Waals surface area contributed by atoms with Gasteiger partial charge in [-0.25, -0.2) is 13.5 Å². The summed E-state index contributed by atoms with van der Waals surface area (Å²) in [5, 5.41) is 10.7. The molecule has 4 rings (SSSR count). The maximum absolute atomic E-state index is 15.1. The van der Waals surface area contributed by atoms with E-state index in [2.05, 4.69) is 22.5 Å². The zero-order chi connectivity index (χ0) is 26.2. The van der Waals surface area contributed by atoms with Crippen molar-refractivity contribution in [1.82, 2.24) is 14.9 Å². The molecule has 0 spiro atoms. The van der Waals surface area contributed by atoms with Crippen molar-refractivity contribution in [3.63, 3.8) is 0 Å². The van der Waals surface area contributed by atoms with Gasteiger partial charge in [-0.2, -0.15) is 5.10 Å². The number of aromatic nitrogens is 3. The van der Waals surface area contributed by atoms with Crippen LogP contribution >= 0.6 is 0 Å². The maximum atomic E-state index is 15.1. The second-order valence-electron chi connectivity index (χ2n) is 9.98. The van der Waals surface area contributed by atoms with Crippen LogP contribution in [0.25, 0.3) is 11.3 Å². The van der Waals surface area contributed by atoms with Crippen molar-refractivity contribution >= 4 is 23.5 Å². The predicted octanol–water partition coefficient (Wildman–Crippen LogP) is 4.38. The minimum Gasteiger partial charge on any atom is -0.383 e. The van der Waals surface area contributed by atoms with E-state index in [1.54, 1.807) is 19.9 Å². The summed E-state index contributed by atoms with van der Waals surface area (Å²) in [5.74, 6) is -3.90. The van der Waals surface area contributed by atoms with E-state index in [0.717, 1.165) is 18.5 Å². The van der Waals surface area contributed by atoms with Crippen LogP contribution in [0.15, 0.2) is 22.7 Å². The minimum absolute atomic E-state index is 0.0380. The second-order valence-corrected chi connectivity index (χ2v) is 9.98. The summed E-state index contributed by atoms with van der Waals surface area (Å²) in [4.78, 5) is 24.4. The van der Waals surface area contributed by atoms with Crippen LogP contribution in [0.3, 0.4) is 0 Å². The number of nitrogens with two attached hydrogens (primary N) is 2. The first-order chi connectivity index (χ1) is 17.0. The Bertz CT molecular complexity index is 1310. The summed E-state index contributed by atoms with van der Waals surface area (Å²) < 4.78 is 36.5. The molecule has 11 heteroatoms. The lowest BCUT2D eigenvalue weighted by Gasteiger charge is -2.38. The Morgan fingerprint density at radius 2 is 1.97 bits per heavy atom. The molecule has 2 heterocycles. The Balaban J connectivity index is 1.48. The lowest BCUT2D eigenvalue weighted by molar-refractivity contribution is -0.115. The molecule has 192 valence electrons. The quantitative estimate of drug-likeness (QED) is 0.398. The molecule has 0 aliphatic heterocycles. The number of carbonyl (C=O) groups excluding carboxylic acids is 2. The number of halogens is 2. The molecular weight excluding hydrogens is 470 g/mol. The van der Waals surface area contributed by atoms with E-state index < -0.39 is 29.9 Å². The van der Waals surface area contributed by atoms with Gasteiger partial charge in [-0.05, 0) is 51.0 Å². The van der Waals surface area contributed by atoms with Gasteiger partial charge in [-0.3, -0.25) is 14.9 Å². The fourth-order valence-corrected chi connectivity index (χ4v) is 4.48. The highest BCUT2D eigenvalue weighted by atomic mass is 19.2. The molecule has 2 aromatic heterocycles. The SMILES string of the molecule is CC(C)n1nc(-c2ccc(CC(=O)Nc3cc(CCC4(C)CCC4)no3)c(F)c2F)c(C(N)=O)c1N. The van der Waals surface area contributed by atoms with E-state index in [1.165, 1.54) is 36.1 Å². The van der Waals surface area contributed by atoms with Gasteiger partial charge in [0, 0.05) is 23.2 Å². The van der Waals surface area contributed by atoms with Gasteiger partial charge in [0.2, 0.25) is 11.8 Å². The Morgan fingerprint density at radius 3 is 2.58 bits per heavy atom. The van der Waals surface area contributed by atoms with Crippen LogP contribution in [0.5, 0.6) is 0 Å². The summed E-state index contributed by atoms with van der Waals surface area (Å²) in [6.45, 7) is 5.78. The van der Waals surface area contributed by atoms with Crippen molar-refractivity contribution < 1.29 is 22.9 Å². The fourth-order valence-electron chi connectivity index (χ4n) is 4.48. The summed E-state index contributed by atoms with van der Waals surface area (Å²) in [5.41, 5.74) is 11.6. The zero-order valence-electron chi connectivity index (χ0n) is 20.5. The Labute approximate surface area is 207 Å². The van der Waals surface area contributed by atoms with Gasteiger partial charge < -0.3 is 16.0 Å². The van der Waals surface area contributed by atoms with E-state index in [4.69, 9.17) is 16.0 Å². The molecule has 1 saturated carbocycles. The summed E-state index contributed by atoms with van der Waals surface area (Å²) in [6, 6.07) is 3.90. The van der Waals surface area contributed by atoms with Crippen molar-refractivity contribution in [3.8, 4) is 11.3 Å². The number of amides is 2. The van der Waals surface area contributed by atoms with Crippen molar-refractivity contribution in [2.45, 2.75) is 65.3 Å². The first-order valence-corrected chi connectivity index (χ1v) is 11.9. The van der Waals surface area contributed by atoms with E-state index in [9.17, 15) is 14.0 Å². The largest absolute Gasteiger partial charge is 0.383 e. The first-order valence-electron chi connectivity index (χ1n) is 11.9. The number of benzene rings is 1. The Morgan fingerprint density at radius 1 is 1.25 bits per heavy atom. The van der Waals surface area contributed by atoms with E-state index >= 15 is 4.39 Å². The number of carbonyl (C=O) groups is 2. The third kappa shape index (κ3) is 4.95. The molecule has 5 N–H and O–H groups in total. The van der Waals surface area contributed by atoms with Gasteiger partial charge in [0.25, 0.3) is 5.91 Å². The van der Waals surface area contributed by atoms with Crippen LogP contribution in [0.2, 0.25) is 0 Å². The molecule has 0 atom stereocenters. The molecule has 1 fully saturated rings. The lowest BCUT2D eigenvalue weighted by atomic mass is 9.67. The van der Waals surface area contributed by atoms with E-state index in [0.29, 0.717) is 5.41 Å². The number of aryl methyl sites for hydroxylation is 1. The highest BCUT2D eigenvalue weighted by Gasteiger charge is 2.31. The number of anilines is 2. The molecule has 1 aliphatic rings. The van der Waals surface area contributed by atoms with Crippen LogP contribution in [-0.2, 0) is 17.6 Å². The molecule has 1 aromatic carbocycles. The summed E-state index contributed by atoms with van der Waals surface area (Å²) >= 11 is 0. The summed E-state index contributed by atoms with van der Waals surface area (Å²) in [6.07, 6.45) is 4.93. The number of rotatable bonds is 9. The normalized spacial score (nSPS) is 14.6. The van der Waals surface area contributed by atoms with Gasteiger partial charge in [-0.15, -0.1) is 0 Å². The zero-order valence-corrected chi connectivity index (χ0v) is 20.5. The molecule has 2 amide bonds. The first kappa shape index (κ1) is 25.3. The molecular formula is C25H30F2N6O3. The van der Waals surface area contributed by atoms with Crippen molar-refractivity contribution in [2.75, 3.05) is 11.1 Å². The highest BCUT2D eigenvalue weighted by Crippen LogP contribution is 2.44. The van der Waals surface area contributed by atoms with Crippen LogP contribution in [0.4, 0.5) is 20.5 Å². The molecule has 0 bridgehead atoms. The number of nitrogens with zero attached hydrogens (tertiary/aromatic N) is 3. The molecule has 9 nitrogen and oxygen atoms in total. The van der Waals surface area contributed by atoms with Gasteiger partial charge in [0.1, 0.15) is 17.1 Å². The van der Waals surface area contributed by atoms with Crippen molar-refractivity contribution in [1.29, 1.82) is 0 Å². The van der Waals surface area contributed by atoms with Gasteiger partial charge >= 0.3 is 0 Å². The third-order valence-corrected chi connectivity index (χ3v) is 6.82. The average Bonchev–Trinajstić information content (AvgIpc) is 3.38. The average molecular weight is 501 g/mol. The van der Waals surface area contributed by atoms with Gasteiger partial charge in [-0.1, -0.05) is 24.6 Å². The number of hydrogen-bond donors (Lipinski definition) is 3. The Kier molecular flexibility index (Phi) is 6.83. The smallest absolute Gasteiger partial charge is 0.254 e. The number of primary amides is 1. The lowest BCUT2D eigenvalue weighted by Crippen LogP contribution is -2.25. The third-order valence-electron chi connectivity index (χ3n) is 6.82. The molecule has 1 aliphatic carbocycles. The van der Waals surface area contributed by atoms with Gasteiger partial charge in [0.05, 0.1) is 12.1 Å². The summed E-state index contributed by atoms with van der Waals surface area (Å²) in [7, 11) is 0. The molecule has 0 saturated heterocycles. The van der Waals surface area contributed by atoms with Gasteiger partial charge in [0.15, 0.2) is 11.6 Å². The highest BCUT2D eigenvalue weighted by molar-refractivity contribution is 6.03. The van der Waals surface area contributed by atoms with Crippen LogP contribution in [0, 0.1) is 17.0 Å². The van der Waals surface area contributed by atoms with Crippen molar-refractivity contribution in [2.24, 2.45) is 11.1 Å². The predicted molar refractivity (Wildman–Crippen MR) is 130 cm³/mol. The van der Waals surface area contributed by atoms with E-state index in [-0.39, 0.29) is 40.1 Å². The minimum atomic E-state index is -1.26. The van der Waals surface area contributed by atoms with Crippen molar-refractivity contribution in [3.05, 3.63) is 46.7 Å². The molecule has 0 radical (unpaired) electrons. The van der Waals surface area contributed by atoms with Crippen LogP contribution < -0.4 is 16.8 Å². The number of hydrogen-bond acceptors (Lipinski definition) is 6. The number of nitrogens with one attached hydrogen (secondary N) is 1. The standard InChI is InChI=1S/C25H30F2N6O3/c1-13(2)33-23(28)19(24(29)35)22(31-33)16-6-5-14(20(26)21(16)27)11-17(34)30-18-12-15(32-36-18)7-10-25(3)8-4-9-25/h5-6,12-13H,4,7-11,28H2,1-3H3,(H2,29,35)(H,30,34).